The number of guanidine groups is 1. The van der Waals surface area contributed by atoms with E-state index in [9.17, 15) is 0 Å². The van der Waals surface area contributed by atoms with Gasteiger partial charge in [0.25, 0.3) is 0 Å². The number of rotatable bonds is 8. The van der Waals surface area contributed by atoms with Gasteiger partial charge in [-0.25, -0.2) is 9.98 Å². The van der Waals surface area contributed by atoms with Crippen molar-refractivity contribution in [2.24, 2.45) is 4.99 Å². The lowest BCUT2D eigenvalue weighted by Gasteiger charge is -2.15. The Kier molecular flexibility index (Phi) is 10.7. The minimum absolute atomic E-state index is 0. The van der Waals surface area contributed by atoms with Crippen molar-refractivity contribution >= 4 is 41.3 Å². The van der Waals surface area contributed by atoms with Gasteiger partial charge in [0.15, 0.2) is 5.96 Å². The molecular formula is C19H29IN4S. The molecule has 1 aromatic heterocycles. The zero-order valence-corrected chi connectivity index (χ0v) is 18.4. The Morgan fingerprint density at radius 2 is 2.00 bits per heavy atom. The molecule has 0 aliphatic rings. The number of nitrogens with zero attached hydrogens (tertiary/aromatic N) is 2. The highest BCUT2D eigenvalue weighted by molar-refractivity contribution is 14.0. The van der Waals surface area contributed by atoms with Crippen LogP contribution in [0.1, 0.15) is 48.7 Å². The summed E-state index contributed by atoms with van der Waals surface area (Å²) in [6, 6.07) is 8.54. The number of benzene rings is 1. The van der Waals surface area contributed by atoms with Crippen LogP contribution in [0, 0.1) is 6.92 Å². The molecule has 1 heterocycles. The number of aliphatic imine (C=N–C) groups is 1. The largest absolute Gasteiger partial charge is 0.356 e. The number of hydrogen-bond acceptors (Lipinski definition) is 3. The first-order valence-electron chi connectivity index (χ1n) is 8.66. The maximum absolute atomic E-state index is 4.73. The molecule has 4 nitrogen and oxygen atoms in total. The molecule has 0 saturated heterocycles. The van der Waals surface area contributed by atoms with Crippen LogP contribution >= 0.6 is 35.3 Å². The molecule has 6 heteroatoms. The minimum atomic E-state index is 0. The van der Waals surface area contributed by atoms with Crippen LogP contribution in [0.3, 0.4) is 0 Å². The summed E-state index contributed by atoms with van der Waals surface area (Å²) in [5.74, 6) is 1.26. The predicted molar refractivity (Wildman–Crippen MR) is 119 cm³/mol. The van der Waals surface area contributed by atoms with Crippen LogP contribution in [0.5, 0.6) is 0 Å². The lowest BCUT2D eigenvalue weighted by atomic mass is 10.1. The highest BCUT2D eigenvalue weighted by Crippen LogP contribution is 2.16. The van der Waals surface area contributed by atoms with Crippen molar-refractivity contribution in [3.8, 4) is 0 Å². The molecule has 0 saturated carbocycles. The van der Waals surface area contributed by atoms with Gasteiger partial charge in [-0.3, -0.25) is 0 Å². The Labute approximate surface area is 172 Å². The summed E-state index contributed by atoms with van der Waals surface area (Å²) in [7, 11) is 0. The molecule has 25 heavy (non-hydrogen) atoms. The quantitative estimate of drug-likeness (QED) is 0.253. The maximum Gasteiger partial charge on any atom is 0.191 e. The average molecular weight is 472 g/mol. The van der Waals surface area contributed by atoms with Gasteiger partial charge in [-0.1, -0.05) is 50.1 Å². The van der Waals surface area contributed by atoms with E-state index in [4.69, 9.17) is 4.99 Å². The Bertz CT molecular complexity index is 611. The van der Waals surface area contributed by atoms with E-state index in [0.717, 1.165) is 30.5 Å². The van der Waals surface area contributed by atoms with Gasteiger partial charge >= 0.3 is 0 Å². The lowest BCUT2D eigenvalue weighted by molar-refractivity contribution is 0.679. The van der Waals surface area contributed by atoms with Crippen molar-refractivity contribution in [2.45, 2.75) is 46.1 Å². The van der Waals surface area contributed by atoms with Gasteiger partial charge in [-0.2, -0.15) is 0 Å². The summed E-state index contributed by atoms with van der Waals surface area (Å²) in [5, 5.41) is 10.1. The van der Waals surface area contributed by atoms with Gasteiger partial charge in [0.05, 0.1) is 11.6 Å². The number of halogens is 1. The number of thiazole rings is 1. The molecule has 2 rings (SSSR count). The van der Waals surface area contributed by atoms with E-state index < -0.39 is 0 Å². The van der Waals surface area contributed by atoms with Gasteiger partial charge < -0.3 is 10.6 Å². The normalized spacial score (nSPS) is 12.4. The molecule has 2 aromatic rings. The number of hydrogen-bond donors (Lipinski definition) is 2. The molecule has 2 N–H and O–H groups in total. The number of aromatic nitrogens is 1. The van der Waals surface area contributed by atoms with Crippen LogP contribution < -0.4 is 10.6 Å². The van der Waals surface area contributed by atoms with Crippen molar-refractivity contribution in [1.29, 1.82) is 0 Å². The van der Waals surface area contributed by atoms with Gasteiger partial charge in [-0.15, -0.1) is 35.3 Å². The smallest absolute Gasteiger partial charge is 0.191 e. The molecule has 1 unspecified atom stereocenters. The molecule has 0 spiro atoms. The molecule has 0 aliphatic heterocycles. The second-order valence-corrected chi connectivity index (χ2v) is 7.01. The van der Waals surface area contributed by atoms with Crippen LogP contribution in [-0.4, -0.2) is 24.0 Å². The van der Waals surface area contributed by atoms with E-state index in [2.05, 4.69) is 60.7 Å². The van der Waals surface area contributed by atoms with E-state index in [1.165, 1.54) is 17.5 Å². The molecule has 1 aromatic carbocycles. The van der Waals surface area contributed by atoms with Gasteiger partial charge in [0, 0.05) is 30.6 Å². The first kappa shape index (κ1) is 21.9. The third-order valence-electron chi connectivity index (χ3n) is 3.81. The van der Waals surface area contributed by atoms with Crippen LogP contribution in [0.4, 0.5) is 0 Å². The Hall–Kier alpha value is -1.15. The van der Waals surface area contributed by atoms with Crippen LogP contribution in [0.15, 0.2) is 40.8 Å². The highest BCUT2D eigenvalue weighted by Gasteiger charge is 2.09. The Morgan fingerprint density at radius 3 is 2.64 bits per heavy atom. The monoisotopic (exact) mass is 472 g/mol. The molecule has 0 amide bonds. The van der Waals surface area contributed by atoms with Gasteiger partial charge in [0.1, 0.15) is 0 Å². The summed E-state index contributed by atoms with van der Waals surface area (Å²) in [4.78, 5) is 9.12. The third-order valence-corrected chi connectivity index (χ3v) is 4.82. The molecule has 138 valence electrons. The topological polar surface area (TPSA) is 49.3 Å². The number of nitrogens with one attached hydrogen (secondary N) is 2. The van der Waals surface area contributed by atoms with Crippen LogP contribution in [0.25, 0.3) is 0 Å². The van der Waals surface area contributed by atoms with E-state index in [1.54, 1.807) is 11.3 Å². The lowest BCUT2D eigenvalue weighted by Crippen LogP contribution is -2.39. The zero-order valence-electron chi connectivity index (χ0n) is 15.3. The first-order valence-corrected chi connectivity index (χ1v) is 9.54. The van der Waals surface area contributed by atoms with Gasteiger partial charge in [0.2, 0.25) is 0 Å². The molecule has 0 aliphatic carbocycles. The fraction of sp³-hybridized carbons (Fsp3) is 0.474. The Balaban J connectivity index is 0.00000312. The first-order chi connectivity index (χ1) is 11.7. The summed E-state index contributed by atoms with van der Waals surface area (Å²) in [6.45, 7) is 8.96. The molecule has 0 fully saturated rings. The third kappa shape index (κ3) is 8.18. The van der Waals surface area contributed by atoms with E-state index in [1.807, 2.05) is 11.6 Å². The number of unbranched alkanes of at least 4 members (excludes halogenated alkanes) is 1. The minimum Gasteiger partial charge on any atom is -0.356 e. The SMILES string of the molecule is CCCCNC(=NCc1ccc(C)cc1)NCC(C)c1nccs1.I. The fourth-order valence-corrected chi connectivity index (χ4v) is 2.94. The van der Waals surface area contributed by atoms with Crippen molar-refractivity contribution in [3.63, 3.8) is 0 Å². The van der Waals surface area contributed by atoms with Crippen molar-refractivity contribution in [1.82, 2.24) is 15.6 Å². The second kappa shape index (κ2) is 12.2. The van der Waals surface area contributed by atoms with Crippen molar-refractivity contribution in [2.75, 3.05) is 13.1 Å². The summed E-state index contributed by atoms with van der Waals surface area (Å²) in [6.07, 6.45) is 4.18. The standard InChI is InChI=1S/C19H28N4S.HI/c1-4-5-10-21-19(22-13-16(3)18-20-11-12-24-18)23-14-17-8-6-15(2)7-9-17;/h6-9,11-12,16H,4-5,10,13-14H2,1-3H3,(H2,21,22,23);1H. The van der Waals surface area contributed by atoms with Crippen LogP contribution in [0.2, 0.25) is 0 Å². The van der Waals surface area contributed by atoms with E-state index >= 15 is 0 Å². The molecule has 1 atom stereocenters. The Morgan fingerprint density at radius 1 is 1.24 bits per heavy atom. The summed E-state index contributed by atoms with van der Waals surface area (Å²) >= 11 is 1.70. The van der Waals surface area contributed by atoms with E-state index in [-0.39, 0.29) is 24.0 Å². The molecule has 0 radical (unpaired) electrons. The fourth-order valence-electron chi connectivity index (χ4n) is 2.24. The number of aryl methyl sites for hydroxylation is 1. The van der Waals surface area contributed by atoms with Gasteiger partial charge in [-0.05, 0) is 18.9 Å². The highest BCUT2D eigenvalue weighted by atomic mass is 127. The van der Waals surface area contributed by atoms with E-state index in [0.29, 0.717) is 12.5 Å². The van der Waals surface area contributed by atoms with Crippen molar-refractivity contribution in [3.05, 3.63) is 52.0 Å². The predicted octanol–water partition coefficient (Wildman–Crippen LogP) is 4.71. The second-order valence-electron chi connectivity index (χ2n) is 6.08. The molecule has 0 bridgehead atoms. The summed E-state index contributed by atoms with van der Waals surface area (Å²) < 4.78 is 0. The maximum atomic E-state index is 4.73. The average Bonchev–Trinajstić information content (AvgIpc) is 3.13. The summed E-state index contributed by atoms with van der Waals surface area (Å²) in [5.41, 5.74) is 2.50. The zero-order chi connectivity index (χ0) is 17.2. The van der Waals surface area contributed by atoms with Crippen molar-refractivity contribution < 1.29 is 0 Å². The molecular weight excluding hydrogens is 443 g/mol. The van der Waals surface area contributed by atoms with Crippen LogP contribution in [-0.2, 0) is 6.54 Å².